The Kier molecular flexibility index (Phi) is 4.21. The molecule has 0 radical (unpaired) electrons. The van der Waals surface area contributed by atoms with E-state index in [1.807, 2.05) is 24.0 Å². The Morgan fingerprint density at radius 2 is 2.08 bits per heavy atom. The number of fused-ring (bicyclic) bond motifs is 2. The van der Waals surface area contributed by atoms with E-state index >= 15 is 0 Å². The first-order valence-electron chi connectivity index (χ1n) is 8.60. The van der Waals surface area contributed by atoms with Gasteiger partial charge in [0, 0.05) is 43.8 Å². The van der Waals surface area contributed by atoms with Crippen LogP contribution in [0, 0.1) is 12.8 Å². The second kappa shape index (κ2) is 6.52. The van der Waals surface area contributed by atoms with Gasteiger partial charge in [0.05, 0.1) is 12.1 Å². The number of methoxy groups -OCH3 is 1. The summed E-state index contributed by atoms with van der Waals surface area (Å²) in [5.41, 5.74) is 3.11. The van der Waals surface area contributed by atoms with Gasteiger partial charge in [0.25, 0.3) is 0 Å². The number of hydrogen-bond donors (Lipinski definition) is 0. The van der Waals surface area contributed by atoms with Crippen LogP contribution in [0.2, 0.25) is 0 Å². The van der Waals surface area contributed by atoms with Crippen LogP contribution in [0.3, 0.4) is 0 Å². The molecule has 2 aliphatic heterocycles. The molecule has 6 heteroatoms. The maximum absolute atomic E-state index is 12.2. The number of aromatic nitrogens is 1. The van der Waals surface area contributed by atoms with Crippen molar-refractivity contribution in [2.24, 2.45) is 5.92 Å². The van der Waals surface area contributed by atoms with Gasteiger partial charge in [-0.2, -0.15) is 0 Å². The number of nitrogens with zero attached hydrogens (tertiary/aromatic N) is 2. The molecule has 0 saturated carbocycles. The van der Waals surface area contributed by atoms with Gasteiger partial charge in [0.15, 0.2) is 11.5 Å². The summed E-state index contributed by atoms with van der Waals surface area (Å²) >= 11 is 0. The van der Waals surface area contributed by atoms with Gasteiger partial charge in [-0.05, 0) is 37.0 Å². The average Bonchev–Trinajstić information content (AvgIpc) is 3.17. The molecule has 1 saturated heterocycles. The largest absolute Gasteiger partial charge is 0.454 e. The molecule has 1 fully saturated rings. The predicted molar refractivity (Wildman–Crippen MR) is 92.9 cm³/mol. The Labute approximate surface area is 146 Å². The van der Waals surface area contributed by atoms with Crippen LogP contribution in [0.5, 0.6) is 11.5 Å². The van der Waals surface area contributed by atoms with Gasteiger partial charge in [-0.3, -0.25) is 9.78 Å². The molecule has 3 heterocycles. The highest BCUT2D eigenvalue weighted by Crippen LogP contribution is 2.37. The van der Waals surface area contributed by atoms with E-state index in [1.54, 1.807) is 7.11 Å². The first-order valence-corrected chi connectivity index (χ1v) is 8.60. The summed E-state index contributed by atoms with van der Waals surface area (Å²) in [5, 5.41) is 1.08. The van der Waals surface area contributed by atoms with Gasteiger partial charge in [0.1, 0.15) is 0 Å². The number of carbonyl (C=O) groups excluding carboxylic acids is 1. The van der Waals surface area contributed by atoms with E-state index in [1.165, 1.54) is 5.56 Å². The van der Waals surface area contributed by atoms with Gasteiger partial charge < -0.3 is 19.1 Å². The number of benzene rings is 1. The van der Waals surface area contributed by atoms with Crippen molar-refractivity contribution < 1.29 is 19.0 Å². The maximum atomic E-state index is 12.2. The van der Waals surface area contributed by atoms with Crippen molar-refractivity contribution in [1.82, 2.24) is 9.88 Å². The van der Waals surface area contributed by atoms with E-state index in [4.69, 9.17) is 14.2 Å². The van der Waals surface area contributed by atoms with E-state index in [0.29, 0.717) is 25.5 Å². The minimum Gasteiger partial charge on any atom is -0.454 e. The first kappa shape index (κ1) is 16.1. The number of hydrogen-bond acceptors (Lipinski definition) is 5. The molecule has 2 aromatic rings. The number of likely N-dealkylation sites (tertiary alicyclic amines) is 1. The predicted octanol–water partition coefficient (Wildman–Crippen LogP) is 2.31. The summed E-state index contributed by atoms with van der Waals surface area (Å²) in [5.74, 6) is 2.05. The molecule has 0 spiro atoms. The normalized spacial score (nSPS) is 19.2. The lowest BCUT2D eigenvalue weighted by atomic mass is 9.95. The van der Waals surface area contributed by atoms with Crippen LogP contribution in [0.25, 0.3) is 10.9 Å². The molecule has 25 heavy (non-hydrogen) atoms. The molecule has 0 N–H and O–H groups in total. The zero-order chi connectivity index (χ0) is 17.4. The van der Waals surface area contributed by atoms with E-state index in [9.17, 15) is 4.79 Å². The number of pyridine rings is 1. The van der Waals surface area contributed by atoms with Crippen LogP contribution in [-0.2, 0) is 16.0 Å². The lowest BCUT2D eigenvalue weighted by Gasteiger charge is -2.16. The number of aryl methyl sites for hydroxylation is 1. The number of carbonyl (C=O) groups is 1. The zero-order valence-electron chi connectivity index (χ0n) is 14.6. The average molecular weight is 342 g/mol. The second-order valence-electron chi connectivity index (χ2n) is 6.75. The van der Waals surface area contributed by atoms with Crippen LogP contribution in [0.1, 0.15) is 17.7 Å². The fraction of sp³-hybridized carbons (Fsp3) is 0.474. The Morgan fingerprint density at radius 1 is 1.28 bits per heavy atom. The number of ether oxygens (including phenoxy) is 3. The van der Waals surface area contributed by atoms with Crippen LogP contribution >= 0.6 is 0 Å². The Morgan fingerprint density at radius 3 is 2.88 bits per heavy atom. The summed E-state index contributed by atoms with van der Waals surface area (Å²) in [4.78, 5) is 18.7. The second-order valence-corrected chi connectivity index (χ2v) is 6.75. The molecule has 4 rings (SSSR count). The molecule has 1 aromatic carbocycles. The number of rotatable bonds is 5. The van der Waals surface area contributed by atoms with Gasteiger partial charge in [0.2, 0.25) is 12.7 Å². The van der Waals surface area contributed by atoms with Crippen LogP contribution in [-0.4, -0.2) is 49.4 Å². The lowest BCUT2D eigenvalue weighted by molar-refractivity contribution is -0.128. The van der Waals surface area contributed by atoms with Gasteiger partial charge in [-0.25, -0.2) is 0 Å². The van der Waals surface area contributed by atoms with Gasteiger partial charge in [-0.1, -0.05) is 0 Å². The quantitative estimate of drug-likeness (QED) is 0.834. The topological polar surface area (TPSA) is 60.9 Å². The maximum Gasteiger partial charge on any atom is 0.231 e. The summed E-state index contributed by atoms with van der Waals surface area (Å²) in [6, 6.07) is 6.07. The lowest BCUT2D eigenvalue weighted by Crippen LogP contribution is -2.28. The Balaban J connectivity index is 1.60. The first-order chi connectivity index (χ1) is 12.1. The summed E-state index contributed by atoms with van der Waals surface area (Å²) < 4.78 is 16.1. The molecule has 1 amide bonds. The van der Waals surface area contributed by atoms with Crippen molar-refractivity contribution in [2.75, 3.05) is 33.6 Å². The van der Waals surface area contributed by atoms with Crippen LogP contribution in [0.15, 0.2) is 18.2 Å². The third-order valence-electron chi connectivity index (χ3n) is 4.89. The fourth-order valence-corrected chi connectivity index (χ4v) is 3.72. The zero-order valence-corrected chi connectivity index (χ0v) is 14.6. The van der Waals surface area contributed by atoms with E-state index < -0.39 is 0 Å². The third-order valence-corrected chi connectivity index (χ3v) is 4.89. The Hall–Kier alpha value is -2.34. The highest BCUT2D eigenvalue weighted by atomic mass is 16.7. The SMILES string of the molecule is COCCN1C[C@@H](Cc2cc(C)nc3cc4c(cc23)OCO4)CC1=O. The Bertz CT molecular complexity index is 821. The molecule has 0 bridgehead atoms. The third kappa shape index (κ3) is 3.14. The molecule has 0 aliphatic carbocycles. The summed E-state index contributed by atoms with van der Waals surface area (Å²) in [6.07, 6.45) is 1.45. The molecule has 6 nitrogen and oxygen atoms in total. The summed E-state index contributed by atoms with van der Waals surface area (Å²) in [7, 11) is 1.66. The van der Waals surface area contributed by atoms with Crippen molar-refractivity contribution in [1.29, 1.82) is 0 Å². The van der Waals surface area contributed by atoms with E-state index in [-0.39, 0.29) is 12.7 Å². The van der Waals surface area contributed by atoms with Crippen LogP contribution < -0.4 is 9.47 Å². The highest BCUT2D eigenvalue weighted by molar-refractivity contribution is 5.86. The van der Waals surface area contributed by atoms with E-state index in [0.717, 1.165) is 41.1 Å². The minimum atomic E-state index is 0.217. The van der Waals surface area contributed by atoms with Crippen molar-refractivity contribution in [3.05, 3.63) is 29.5 Å². The minimum absolute atomic E-state index is 0.217. The van der Waals surface area contributed by atoms with Crippen molar-refractivity contribution in [3.8, 4) is 11.5 Å². The standard InChI is InChI=1S/C19H22N2O4/c1-12-5-14(6-13-7-19(22)21(10-13)3-4-23-2)15-8-17-18(25-11-24-17)9-16(15)20-12/h5,8-9,13H,3-4,6-7,10-11H2,1-2H3/t13-/m0/s1. The number of amides is 1. The molecule has 0 unspecified atom stereocenters. The van der Waals surface area contributed by atoms with Gasteiger partial charge >= 0.3 is 0 Å². The molecular weight excluding hydrogens is 320 g/mol. The van der Waals surface area contributed by atoms with Crippen molar-refractivity contribution in [3.63, 3.8) is 0 Å². The van der Waals surface area contributed by atoms with Gasteiger partial charge in [-0.15, -0.1) is 0 Å². The fourth-order valence-electron chi connectivity index (χ4n) is 3.72. The van der Waals surface area contributed by atoms with Crippen molar-refractivity contribution >= 4 is 16.8 Å². The monoisotopic (exact) mass is 342 g/mol. The van der Waals surface area contributed by atoms with Crippen molar-refractivity contribution in [2.45, 2.75) is 19.8 Å². The molecule has 132 valence electrons. The summed E-state index contributed by atoms with van der Waals surface area (Å²) in [6.45, 7) is 4.29. The molecule has 1 atom stereocenters. The molecule has 2 aliphatic rings. The van der Waals surface area contributed by atoms with Crippen LogP contribution in [0.4, 0.5) is 0 Å². The highest BCUT2D eigenvalue weighted by Gasteiger charge is 2.30. The van der Waals surface area contributed by atoms with E-state index in [2.05, 4.69) is 11.1 Å². The molecular formula is C19H22N2O4. The smallest absolute Gasteiger partial charge is 0.231 e. The molecule has 1 aromatic heterocycles.